The van der Waals surface area contributed by atoms with Crippen LogP contribution in [0.25, 0.3) is 22.4 Å². The van der Waals surface area contributed by atoms with Crippen molar-refractivity contribution in [2.45, 2.75) is 17.0 Å². The van der Waals surface area contributed by atoms with Gasteiger partial charge in [0.05, 0.1) is 0 Å². The Bertz CT molecular complexity index is 1130. The average molecular weight is 349 g/mol. The lowest BCUT2D eigenvalue weighted by atomic mass is 10.1. The first-order valence-electron chi connectivity index (χ1n) is 7.79. The monoisotopic (exact) mass is 349 g/mol. The molecule has 0 N–H and O–H groups in total. The molecule has 0 saturated heterocycles. The first kappa shape index (κ1) is 15.7. The average Bonchev–Trinajstić information content (AvgIpc) is 2.96. The molecule has 0 amide bonds. The maximum absolute atomic E-state index is 12.2. The summed E-state index contributed by atoms with van der Waals surface area (Å²) in [4.78, 5) is 12.7. The zero-order chi connectivity index (χ0) is 17.4. The van der Waals surface area contributed by atoms with Crippen molar-refractivity contribution in [2.24, 2.45) is 7.05 Å². The van der Waals surface area contributed by atoms with Crippen LogP contribution in [0.2, 0.25) is 0 Å². The number of benzene rings is 2. The molecule has 2 aromatic heterocycles. The summed E-state index contributed by atoms with van der Waals surface area (Å²) < 4.78 is 7.26. The van der Waals surface area contributed by atoms with Crippen LogP contribution in [-0.2, 0) is 7.05 Å². The molecule has 5 nitrogen and oxygen atoms in total. The van der Waals surface area contributed by atoms with Crippen molar-refractivity contribution in [3.63, 3.8) is 0 Å². The van der Waals surface area contributed by atoms with E-state index in [1.807, 2.05) is 61.0 Å². The van der Waals surface area contributed by atoms with Crippen LogP contribution >= 0.6 is 11.8 Å². The van der Waals surface area contributed by atoms with E-state index in [1.165, 1.54) is 11.8 Å². The molecule has 0 aliphatic heterocycles. The first-order valence-corrected chi connectivity index (χ1v) is 8.60. The molecule has 0 radical (unpaired) electrons. The summed E-state index contributed by atoms with van der Waals surface area (Å²) in [6, 6.07) is 17.4. The highest BCUT2D eigenvalue weighted by Crippen LogP contribution is 2.28. The zero-order valence-corrected chi connectivity index (χ0v) is 14.6. The van der Waals surface area contributed by atoms with Gasteiger partial charge in [-0.3, -0.25) is 0 Å². The summed E-state index contributed by atoms with van der Waals surface area (Å²) in [6.07, 6.45) is 0. The van der Waals surface area contributed by atoms with Crippen molar-refractivity contribution in [1.82, 2.24) is 14.8 Å². The first-order chi connectivity index (χ1) is 12.1. The van der Waals surface area contributed by atoms with Crippen LogP contribution in [0.1, 0.15) is 5.56 Å². The maximum atomic E-state index is 12.2. The van der Waals surface area contributed by atoms with Gasteiger partial charge in [-0.25, -0.2) is 4.79 Å². The van der Waals surface area contributed by atoms with Crippen molar-refractivity contribution in [3.05, 3.63) is 70.6 Å². The van der Waals surface area contributed by atoms with E-state index < -0.39 is 0 Å². The van der Waals surface area contributed by atoms with Gasteiger partial charge >= 0.3 is 5.63 Å². The van der Waals surface area contributed by atoms with Crippen LogP contribution < -0.4 is 5.63 Å². The largest absolute Gasteiger partial charge is 0.422 e. The Morgan fingerprint density at radius 1 is 1.04 bits per heavy atom. The molecular formula is C19H15N3O2S. The van der Waals surface area contributed by atoms with E-state index in [2.05, 4.69) is 16.3 Å². The lowest BCUT2D eigenvalue weighted by Crippen LogP contribution is -2.03. The highest BCUT2D eigenvalue weighted by Gasteiger charge is 2.15. The zero-order valence-electron chi connectivity index (χ0n) is 13.8. The molecule has 25 heavy (non-hydrogen) atoms. The van der Waals surface area contributed by atoms with Gasteiger partial charge in [0, 0.05) is 18.0 Å². The SMILES string of the molecule is Cc1cccc(-c2nnc(Sc3cc4ccccc4oc3=O)n2C)c1. The van der Waals surface area contributed by atoms with Crippen LogP contribution in [0.5, 0.6) is 0 Å². The number of aromatic nitrogens is 3. The van der Waals surface area contributed by atoms with Gasteiger partial charge in [-0.15, -0.1) is 10.2 Å². The summed E-state index contributed by atoms with van der Waals surface area (Å²) in [5.74, 6) is 0.761. The van der Waals surface area contributed by atoms with Crippen LogP contribution in [0.3, 0.4) is 0 Å². The van der Waals surface area contributed by atoms with E-state index in [-0.39, 0.29) is 5.63 Å². The van der Waals surface area contributed by atoms with Gasteiger partial charge in [0.2, 0.25) is 0 Å². The number of aryl methyl sites for hydroxylation is 1. The normalized spacial score (nSPS) is 11.1. The van der Waals surface area contributed by atoms with Crippen LogP contribution in [-0.4, -0.2) is 14.8 Å². The standard InChI is InChI=1S/C19H15N3O2S/c1-12-6-5-8-14(10-12)17-20-21-19(22(17)2)25-16-11-13-7-3-4-9-15(13)24-18(16)23/h3-11H,1-2H3. The molecule has 6 heteroatoms. The van der Waals surface area contributed by atoms with Gasteiger partial charge in [0.25, 0.3) is 0 Å². The lowest BCUT2D eigenvalue weighted by molar-refractivity contribution is 0.543. The Hall–Kier alpha value is -2.86. The van der Waals surface area contributed by atoms with Crippen molar-refractivity contribution >= 4 is 22.7 Å². The van der Waals surface area contributed by atoms with E-state index >= 15 is 0 Å². The van der Waals surface area contributed by atoms with Gasteiger partial charge in [-0.2, -0.15) is 0 Å². The molecule has 4 rings (SSSR count). The number of para-hydroxylation sites is 1. The minimum absolute atomic E-state index is 0.371. The Kier molecular flexibility index (Phi) is 3.89. The van der Waals surface area contributed by atoms with Gasteiger partial charge in [0.15, 0.2) is 11.0 Å². The summed E-state index contributed by atoms with van der Waals surface area (Å²) in [6.45, 7) is 2.04. The molecule has 0 saturated carbocycles. The van der Waals surface area contributed by atoms with E-state index in [9.17, 15) is 4.79 Å². The summed E-state index contributed by atoms with van der Waals surface area (Å²) >= 11 is 1.26. The van der Waals surface area contributed by atoms with Crippen LogP contribution in [0, 0.1) is 6.92 Å². The van der Waals surface area contributed by atoms with Crippen LogP contribution in [0.4, 0.5) is 0 Å². The molecule has 124 valence electrons. The third-order valence-corrected chi connectivity index (χ3v) is 4.96. The molecule has 0 atom stereocenters. The number of rotatable bonds is 3. The van der Waals surface area contributed by atoms with Gasteiger partial charge in [-0.05, 0) is 36.9 Å². The highest BCUT2D eigenvalue weighted by molar-refractivity contribution is 7.99. The molecule has 2 heterocycles. The molecule has 4 aromatic rings. The summed E-state index contributed by atoms with van der Waals surface area (Å²) in [7, 11) is 1.89. The van der Waals surface area contributed by atoms with E-state index in [1.54, 1.807) is 6.07 Å². The number of nitrogens with zero attached hydrogens (tertiary/aromatic N) is 3. The minimum Gasteiger partial charge on any atom is -0.422 e. The van der Waals surface area contributed by atoms with E-state index in [4.69, 9.17) is 4.42 Å². The highest BCUT2D eigenvalue weighted by atomic mass is 32.2. The van der Waals surface area contributed by atoms with E-state index in [0.717, 1.165) is 22.3 Å². The fourth-order valence-electron chi connectivity index (χ4n) is 2.65. The molecule has 0 unspecified atom stereocenters. The Labute approximate surface area is 148 Å². The minimum atomic E-state index is -0.371. The second kappa shape index (κ2) is 6.22. The van der Waals surface area contributed by atoms with Crippen molar-refractivity contribution in [2.75, 3.05) is 0 Å². The molecule has 0 spiro atoms. The van der Waals surface area contributed by atoms with Crippen molar-refractivity contribution in [3.8, 4) is 11.4 Å². The van der Waals surface area contributed by atoms with Gasteiger partial charge < -0.3 is 8.98 Å². The lowest BCUT2D eigenvalue weighted by Gasteiger charge is -2.05. The van der Waals surface area contributed by atoms with Crippen LogP contribution in [0.15, 0.2) is 73.9 Å². The van der Waals surface area contributed by atoms with Crippen molar-refractivity contribution in [1.29, 1.82) is 0 Å². The fraction of sp³-hybridized carbons (Fsp3) is 0.105. The molecule has 2 aromatic carbocycles. The molecule has 0 fully saturated rings. The third-order valence-electron chi connectivity index (χ3n) is 3.92. The molecular weight excluding hydrogens is 334 g/mol. The Morgan fingerprint density at radius 3 is 2.72 bits per heavy atom. The van der Waals surface area contributed by atoms with E-state index in [0.29, 0.717) is 15.6 Å². The third kappa shape index (κ3) is 2.96. The Morgan fingerprint density at radius 2 is 1.88 bits per heavy atom. The molecule has 0 bridgehead atoms. The quantitative estimate of drug-likeness (QED) is 0.522. The second-order valence-corrected chi connectivity index (χ2v) is 6.78. The fourth-order valence-corrected chi connectivity index (χ4v) is 3.46. The topological polar surface area (TPSA) is 60.9 Å². The van der Waals surface area contributed by atoms with Gasteiger partial charge in [0.1, 0.15) is 10.5 Å². The van der Waals surface area contributed by atoms with Crippen molar-refractivity contribution < 1.29 is 4.42 Å². The molecule has 0 aliphatic carbocycles. The predicted octanol–water partition coefficient (Wildman–Crippen LogP) is 4.05. The summed E-state index contributed by atoms with van der Waals surface area (Å²) in [5, 5.41) is 10.0. The number of fused-ring (bicyclic) bond motifs is 1. The molecule has 0 aliphatic rings. The second-order valence-electron chi connectivity index (χ2n) is 5.77. The predicted molar refractivity (Wildman–Crippen MR) is 97.8 cm³/mol. The number of hydrogen-bond donors (Lipinski definition) is 0. The van der Waals surface area contributed by atoms with Gasteiger partial charge in [-0.1, -0.05) is 42.0 Å². The maximum Gasteiger partial charge on any atom is 0.350 e. The summed E-state index contributed by atoms with van der Waals surface area (Å²) in [5.41, 5.74) is 2.36. The Balaban J connectivity index is 1.73. The number of hydrogen-bond acceptors (Lipinski definition) is 5. The smallest absolute Gasteiger partial charge is 0.350 e.